The largest absolute Gasteiger partial charge is 0.361 e. The first-order valence-corrected chi connectivity index (χ1v) is 8.75. The molecule has 6 nitrogen and oxygen atoms in total. The normalized spacial score (nSPS) is 17.5. The van der Waals surface area contributed by atoms with Crippen molar-refractivity contribution in [1.82, 2.24) is 20.7 Å². The van der Waals surface area contributed by atoms with E-state index < -0.39 is 0 Å². The van der Waals surface area contributed by atoms with Crippen LogP contribution in [0, 0.1) is 13.8 Å². The van der Waals surface area contributed by atoms with E-state index in [4.69, 9.17) is 4.52 Å². The summed E-state index contributed by atoms with van der Waals surface area (Å²) in [4.78, 5) is 6.89. The van der Waals surface area contributed by atoms with E-state index in [9.17, 15) is 0 Å². The summed E-state index contributed by atoms with van der Waals surface area (Å²) >= 11 is 0. The maximum Gasteiger partial charge on any atom is 0.191 e. The molecule has 0 saturated carbocycles. The predicted octanol–water partition coefficient (Wildman–Crippen LogP) is 1.87. The average Bonchev–Trinajstić information content (AvgIpc) is 2.87. The molecule has 6 heteroatoms. The van der Waals surface area contributed by atoms with Gasteiger partial charge in [-0.3, -0.25) is 4.99 Å². The number of guanidine groups is 1. The number of rotatable bonds is 6. The Hall–Kier alpha value is -1.56. The van der Waals surface area contributed by atoms with Crippen molar-refractivity contribution in [3.8, 4) is 0 Å². The molecule has 0 aromatic carbocycles. The van der Waals surface area contributed by atoms with Gasteiger partial charge in [-0.15, -0.1) is 0 Å². The first kappa shape index (κ1) is 17.8. The number of aromatic nitrogens is 1. The van der Waals surface area contributed by atoms with Crippen molar-refractivity contribution >= 4 is 5.96 Å². The minimum atomic E-state index is 0.522. The van der Waals surface area contributed by atoms with Crippen LogP contribution in [0.2, 0.25) is 0 Å². The molecule has 0 spiro atoms. The van der Waals surface area contributed by atoms with Gasteiger partial charge in [0.1, 0.15) is 5.76 Å². The molecule has 0 amide bonds. The molecule has 0 unspecified atom stereocenters. The fourth-order valence-electron chi connectivity index (χ4n) is 3.17. The van der Waals surface area contributed by atoms with E-state index in [1.807, 2.05) is 20.9 Å². The van der Waals surface area contributed by atoms with E-state index >= 15 is 0 Å². The lowest BCUT2D eigenvalue weighted by molar-refractivity contribution is 0.206. The second kappa shape index (κ2) is 8.91. The van der Waals surface area contributed by atoms with Crippen LogP contribution in [0.4, 0.5) is 0 Å². The molecule has 0 atom stereocenters. The highest BCUT2D eigenvalue weighted by Crippen LogP contribution is 2.12. The molecule has 23 heavy (non-hydrogen) atoms. The number of nitrogens with one attached hydrogen (secondary N) is 2. The summed E-state index contributed by atoms with van der Waals surface area (Å²) in [5.74, 6) is 1.81. The Bertz CT molecular complexity index is 484. The third-order valence-electron chi connectivity index (χ3n) is 4.54. The predicted molar refractivity (Wildman–Crippen MR) is 93.9 cm³/mol. The number of piperidine rings is 1. The van der Waals surface area contributed by atoms with Gasteiger partial charge < -0.3 is 20.1 Å². The quantitative estimate of drug-likeness (QED) is 0.618. The fourth-order valence-corrected chi connectivity index (χ4v) is 3.17. The Morgan fingerprint density at radius 2 is 2.09 bits per heavy atom. The first-order valence-electron chi connectivity index (χ1n) is 8.75. The van der Waals surface area contributed by atoms with Crippen LogP contribution < -0.4 is 10.6 Å². The van der Waals surface area contributed by atoms with E-state index in [1.54, 1.807) is 0 Å². The van der Waals surface area contributed by atoms with Gasteiger partial charge in [-0.2, -0.15) is 0 Å². The molecule has 130 valence electrons. The smallest absolute Gasteiger partial charge is 0.191 e. The molecule has 0 aliphatic carbocycles. The lowest BCUT2D eigenvalue weighted by Crippen LogP contribution is -2.49. The monoisotopic (exact) mass is 321 g/mol. The molecule has 0 bridgehead atoms. The number of likely N-dealkylation sites (tertiary alicyclic amines) is 1. The topological polar surface area (TPSA) is 65.7 Å². The Labute approximate surface area is 139 Å². The molecule has 1 aromatic heterocycles. The maximum atomic E-state index is 5.20. The van der Waals surface area contributed by atoms with Gasteiger partial charge in [0.2, 0.25) is 0 Å². The van der Waals surface area contributed by atoms with E-state index in [0.29, 0.717) is 6.04 Å². The Morgan fingerprint density at radius 3 is 2.65 bits per heavy atom. The third kappa shape index (κ3) is 5.23. The van der Waals surface area contributed by atoms with Crippen molar-refractivity contribution in [3.63, 3.8) is 0 Å². The van der Waals surface area contributed by atoms with E-state index in [1.165, 1.54) is 44.5 Å². The number of hydrogen-bond acceptors (Lipinski definition) is 4. The second-order valence-corrected chi connectivity index (χ2v) is 6.31. The van der Waals surface area contributed by atoms with Crippen LogP contribution in [-0.4, -0.2) is 55.3 Å². The van der Waals surface area contributed by atoms with Gasteiger partial charge in [-0.25, -0.2) is 0 Å². The van der Waals surface area contributed by atoms with Gasteiger partial charge in [-0.05, 0) is 46.1 Å². The van der Waals surface area contributed by atoms with Gasteiger partial charge in [0.15, 0.2) is 5.96 Å². The van der Waals surface area contributed by atoms with Crippen molar-refractivity contribution in [2.45, 2.75) is 52.5 Å². The molecule has 0 radical (unpaired) electrons. The Balaban J connectivity index is 1.72. The maximum absolute atomic E-state index is 5.20. The first-order chi connectivity index (χ1) is 11.1. The number of aryl methyl sites for hydroxylation is 2. The summed E-state index contributed by atoms with van der Waals surface area (Å²) in [6, 6.07) is 0.522. The molecule has 1 aliphatic heterocycles. The lowest BCUT2D eigenvalue weighted by Gasteiger charge is -2.32. The summed E-state index contributed by atoms with van der Waals surface area (Å²) in [5.41, 5.74) is 2.18. The SMILES string of the molecule is CCCN1CCC(NC(=NC)NCCc2c(C)noc2C)CC1. The van der Waals surface area contributed by atoms with E-state index in [2.05, 4.69) is 32.6 Å². The van der Waals surface area contributed by atoms with Crippen molar-refractivity contribution in [3.05, 3.63) is 17.0 Å². The van der Waals surface area contributed by atoms with Gasteiger partial charge in [0.25, 0.3) is 0 Å². The van der Waals surface area contributed by atoms with E-state index in [-0.39, 0.29) is 0 Å². The highest BCUT2D eigenvalue weighted by molar-refractivity contribution is 5.79. The highest BCUT2D eigenvalue weighted by atomic mass is 16.5. The molecule has 1 fully saturated rings. The Kier molecular flexibility index (Phi) is 6.89. The molecule has 2 rings (SSSR count). The third-order valence-corrected chi connectivity index (χ3v) is 4.54. The minimum Gasteiger partial charge on any atom is -0.361 e. The van der Waals surface area contributed by atoms with Crippen molar-refractivity contribution < 1.29 is 4.52 Å². The number of nitrogens with zero attached hydrogens (tertiary/aromatic N) is 3. The van der Waals surface area contributed by atoms with Crippen LogP contribution in [0.1, 0.15) is 43.2 Å². The summed E-state index contributed by atoms with van der Waals surface area (Å²) in [6.45, 7) is 10.6. The van der Waals surface area contributed by atoms with Crippen molar-refractivity contribution in [2.24, 2.45) is 4.99 Å². The second-order valence-electron chi connectivity index (χ2n) is 6.31. The summed E-state index contributed by atoms with van der Waals surface area (Å²) in [7, 11) is 1.83. The average molecular weight is 321 g/mol. The molecular formula is C17H31N5O. The van der Waals surface area contributed by atoms with Crippen LogP contribution in [0.15, 0.2) is 9.52 Å². The van der Waals surface area contributed by atoms with Gasteiger partial charge in [0, 0.05) is 38.3 Å². The molecule has 1 aromatic rings. The zero-order chi connectivity index (χ0) is 16.7. The van der Waals surface area contributed by atoms with Crippen LogP contribution in [0.25, 0.3) is 0 Å². The van der Waals surface area contributed by atoms with Gasteiger partial charge in [-0.1, -0.05) is 12.1 Å². The summed E-state index contributed by atoms with van der Waals surface area (Å²) in [6.07, 6.45) is 4.51. The standard InChI is InChI=1S/C17H31N5O/c1-5-10-22-11-7-15(8-12-22)20-17(18-4)19-9-6-16-13(2)21-23-14(16)3/h15H,5-12H2,1-4H3,(H2,18,19,20). The summed E-state index contributed by atoms with van der Waals surface area (Å²) < 4.78 is 5.20. The lowest BCUT2D eigenvalue weighted by atomic mass is 10.1. The Morgan fingerprint density at radius 1 is 1.35 bits per heavy atom. The fraction of sp³-hybridized carbons (Fsp3) is 0.765. The molecule has 2 heterocycles. The molecule has 1 saturated heterocycles. The van der Waals surface area contributed by atoms with Gasteiger partial charge in [0.05, 0.1) is 5.69 Å². The number of aliphatic imine (C=N–C) groups is 1. The van der Waals surface area contributed by atoms with Gasteiger partial charge >= 0.3 is 0 Å². The molecule has 1 aliphatic rings. The van der Waals surface area contributed by atoms with Crippen LogP contribution in [0.3, 0.4) is 0 Å². The van der Waals surface area contributed by atoms with E-state index in [0.717, 1.165) is 30.4 Å². The molecule has 2 N–H and O–H groups in total. The van der Waals surface area contributed by atoms with Crippen LogP contribution in [-0.2, 0) is 6.42 Å². The minimum absolute atomic E-state index is 0.522. The zero-order valence-corrected chi connectivity index (χ0v) is 15.0. The molecular weight excluding hydrogens is 290 g/mol. The van der Waals surface area contributed by atoms with Crippen molar-refractivity contribution in [1.29, 1.82) is 0 Å². The van der Waals surface area contributed by atoms with Crippen LogP contribution in [0.5, 0.6) is 0 Å². The zero-order valence-electron chi connectivity index (χ0n) is 15.0. The number of hydrogen-bond donors (Lipinski definition) is 2. The van der Waals surface area contributed by atoms with Crippen LogP contribution >= 0.6 is 0 Å². The van der Waals surface area contributed by atoms with Crippen molar-refractivity contribution in [2.75, 3.05) is 33.2 Å². The highest BCUT2D eigenvalue weighted by Gasteiger charge is 2.19. The summed E-state index contributed by atoms with van der Waals surface area (Å²) in [5, 5.41) is 10.9.